The average Bonchev–Trinajstić information content (AvgIpc) is 2.45. The van der Waals surface area contributed by atoms with E-state index in [0.29, 0.717) is 5.02 Å². The molecule has 1 rings (SSSR count). The van der Waals surface area contributed by atoms with Crippen molar-refractivity contribution in [1.29, 1.82) is 0 Å². The van der Waals surface area contributed by atoms with Crippen LogP contribution in [0.2, 0.25) is 5.02 Å². The van der Waals surface area contributed by atoms with Gasteiger partial charge in [0.2, 0.25) is 0 Å². The number of methoxy groups -OCH3 is 1. The second-order valence-corrected chi connectivity index (χ2v) is 6.11. The van der Waals surface area contributed by atoms with Gasteiger partial charge >= 0.3 is 0 Å². The van der Waals surface area contributed by atoms with Crippen LogP contribution in [0, 0.1) is 12.3 Å². The number of anilines is 1. The fourth-order valence-electron chi connectivity index (χ4n) is 1.99. The van der Waals surface area contributed by atoms with Crippen molar-refractivity contribution >= 4 is 23.1 Å². The topological polar surface area (TPSA) is 79.9 Å². The van der Waals surface area contributed by atoms with Crippen molar-refractivity contribution in [3.8, 4) is 5.75 Å². The molecule has 0 spiro atoms. The van der Waals surface area contributed by atoms with Crippen LogP contribution in [0.25, 0.3) is 0 Å². The molecule has 0 unspecified atom stereocenters. The fraction of sp³-hybridized carbons (Fsp3) is 0.533. The molecule has 0 aliphatic carbocycles. The van der Waals surface area contributed by atoms with Crippen LogP contribution in [0.5, 0.6) is 5.75 Å². The Morgan fingerprint density at radius 3 is 2.71 bits per heavy atom. The summed E-state index contributed by atoms with van der Waals surface area (Å²) in [5.74, 6) is 0.976. The fourth-order valence-corrected chi connectivity index (χ4v) is 2.14. The van der Waals surface area contributed by atoms with Crippen LogP contribution in [0.15, 0.2) is 17.3 Å². The zero-order valence-corrected chi connectivity index (χ0v) is 13.8. The maximum atomic E-state index is 8.75. The van der Waals surface area contributed by atoms with E-state index in [1.54, 1.807) is 13.2 Å². The van der Waals surface area contributed by atoms with Crippen molar-refractivity contribution in [2.75, 3.05) is 19.0 Å². The monoisotopic (exact) mass is 313 g/mol. The van der Waals surface area contributed by atoms with Crippen molar-refractivity contribution in [3.63, 3.8) is 0 Å². The second kappa shape index (κ2) is 7.41. The van der Waals surface area contributed by atoms with Crippen molar-refractivity contribution in [2.24, 2.45) is 16.3 Å². The number of hydrogen-bond acceptors (Lipinski definition) is 4. The minimum absolute atomic E-state index is 0.252. The number of ether oxygens (including phenoxy) is 1. The number of benzene rings is 1. The summed E-state index contributed by atoms with van der Waals surface area (Å²) in [7, 11) is 1.62. The Kier molecular flexibility index (Phi) is 6.15. The molecular formula is C15H24ClN3O2. The van der Waals surface area contributed by atoms with Gasteiger partial charge in [-0.1, -0.05) is 30.6 Å². The molecule has 0 radical (unpaired) electrons. The molecule has 0 saturated carbocycles. The predicted molar refractivity (Wildman–Crippen MR) is 87.7 cm³/mol. The predicted octanol–water partition coefficient (Wildman–Crippen LogP) is 3.62. The van der Waals surface area contributed by atoms with Crippen molar-refractivity contribution in [3.05, 3.63) is 22.7 Å². The minimum atomic E-state index is -0.323. The van der Waals surface area contributed by atoms with Gasteiger partial charge in [-0.2, -0.15) is 0 Å². The molecular weight excluding hydrogens is 290 g/mol. The quantitative estimate of drug-likeness (QED) is 0.236. The molecule has 1 aromatic rings. The number of halogens is 1. The maximum Gasteiger partial charge on any atom is 0.144 e. The Labute approximate surface area is 131 Å². The Morgan fingerprint density at radius 2 is 2.14 bits per heavy atom. The third kappa shape index (κ3) is 4.70. The number of nitrogens with zero attached hydrogens (tertiary/aromatic N) is 1. The first-order chi connectivity index (χ1) is 9.81. The summed E-state index contributed by atoms with van der Waals surface area (Å²) in [6.07, 6.45) is 1.69. The first kappa shape index (κ1) is 17.4. The molecule has 0 heterocycles. The molecule has 0 saturated heterocycles. The standard InChI is InChI=1S/C15H24ClN3O2/c1-10-8-12(13(21-4)9-11(10)16)18-7-5-6-15(2,3)14(17)19-20/h8-9,18,20H,5-7H2,1-4H3,(H2,17,19). The van der Waals surface area contributed by atoms with Gasteiger partial charge in [0, 0.05) is 23.0 Å². The normalized spacial score (nSPS) is 12.3. The lowest BCUT2D eigenvalue weighted by Gasteiger charge is -2.23. The SMILES string of the molecule is COc1cc(Cl)c(C)cc1NCCCC(C)(C)C(N)=NO. The van der Waals surface area contributed by atoms with Crippen LogP contribution in [0.1, 0.15) is 32.3 Å². The molecule has 118 valence electrons. The minimum Gasteiger partial charge on any atom is -0.495 e. The molecule has 0 amide bonds. The van der Waals surface area contributed by atoms with E-state index in [2.05, 4.69) is 10.5 Å². The summed E-state index contributed by atoms with van der Waals surface area (Å²) in [4.78, 5) is 0. The highest BCUT2D eigenvalue weighted by Crippen LogP contribution is 2.31. The molecule has 0 aliphatic heterocycles. The van der Waals surface area contributed by atoms with Crippen LogP contribution in [0.4, 0.5) is 5.69 Å². The van der Waals surface area contributed by atoms with E-state index in [1.165, 1.54) is 0 Å². The summed E-state index contributed by atoms with van der Waals surface area (Å²) >= 11 is 6.08. The van der Waals surface area contributed by atoms with Gasteiger partial charge in [-0.3, -0.25) is 0 Å². The van der Waals surface area contributed by atoms with Gasteiger partial charge in [-0.25, -0.2) is 0 Å². The Morgan fingerprint density at radius 1 is 1.48 bits per heavy atom. The highest BCUT2D eigenvalue weighted by atomic mass is 35.5. The lowest BCUT2D eigenvalue weighted by Crippen LogP contribution is -2.32. The summed E-state index contributed by atoms with van der Waals surface area (Å²) < 4.78 is 5.32. The lowest BCUT2D eigenvalue weighted by molar-refractivity contribution is 0.305. The molecule has 0 fully saturated rings. The van der Waals surface area contributed by atoms with E-state index in [0.717, 1.165) is 36.4 Å². The number of oxime groups is 1. The van der Waals surface area contributed by atoms with Gasteiger partial charge in [0.15, 0.2) is 0 Å². The van der Waals surface area contributed by atoms with Crippen LogP contribution >= 0.6 is 11.6 Å². The summed E-state index contributed by atoms with van der Waals surface area (Å²) in [6, 6.07) is 3.77. The third-order valence-corrected chi connectivity index (χ3v) is 3.98. The van der Waals surface area contributed by atoms with Crippen molar-refractivity contribution in [2.45, 2.75) is 33.6 Å². The molecule has 0 atom stereocenters. The van der Waals surface area contributed by atoms with Gasteiger partial charge in [-0.15, -0.1) is 0 Å². The van der Waals surface area contributed by atoms with Crippen LogP contribution < -0.4 is 15.8 Å². The highest BCUT2D eigenvalue weighted by Gasteiger charge is 2.22. The number of hydrogen-bond donors (Lipinski definition) is 3. The summed E-state index contributed by atoms with van der Waals surface area (Å²) in [6.45, 7) is 6.62. The van der Waals surface area contributed by atoms with Gasteiger partial charge in [0.1, 0.15) is 11.6 Å². The van der Waals surface area contributed by atoms with E-state index in [9.17, 15) is 0 Å². The molecule has 5 nitrogen and oxygen atoms in total. The molecule has 0 aromatic heterocycles. The largest absolute Gasteiger partial charge is 0.495 e. The zero-order chi connectivity index (χ0) is 16.0. The van der Waals surface area contributed by atoms with E-state index in [-0.39, 0.29) is 11.3 Å². The number of amidine groups is 1. The van der Waals surface area contributed by atoms with Crippen LogP contribution in [-0.2, 0) is 0 Å². The molecule has 0 bridgehead atoms. The molecule has 0 aliphatic rings. The summed E-state index contributed by atoms with van der Waals surface area (Å²) in [5.41, 5.74) is 7.26. The number of aryl methyl sites for hydroxylation is 1. The lowest BCUT2D eigenvalue weighted by atomic mass is 9.86. The van der Waals surface area contributed by atoms with E-state index >= 15 is 0 Å². The third-order valence-electron chi connectivity index (χ3n) is 3.58. The molecule has 21 heavy (non-hydrogen) atoms. The molecule has 4 N–H and O–H groups in total. The highest BCUT2D eigenvalue weighted by molar-refractivity contribution is 6.31. The number of rotatable bonds is 7. The van der Waals surface area contributed by atoms with Crippen LogP contribution in [0.3, 0.4) is 0 Å². The Bertz CT molecular complexity index is 516. The first-order valence-corrected chi connectivity index (χ1v) is 7.25. The Hall–Kier alpha value is -1.62. The van der Waals surface area contributed by atoms with Gasteiger partial charge < -0.3 is 21.0 Å². The average molecular weight is 314 g/mol. The van der Waals surface area contributed by atoms with Gasteiger partial charge in [-0.05, 0) is 31.4 Å². The van der Waals surface area contributed by atoms with E-state index in [1.807, 2.05) is 26.8 Å². The van der Waals surface area contributed by atoms with Crippen molar-refractivity contribution in [1.82, 2.24) is 0 Å². The van der Waals surface area contributed by atoms with Crippen molar-refractivity contribution < 1.29 is 9.94 Å². The van der Waals surface area contributed by atoms with Gasteiger partial charge in [0.05, 0.1) is 12.8 Å². The van der Waals surface area contributed by atoms with E-state index in [4.69, 9.17) is 27.3 Å². The molecule has 6 heteroatoms. The molecule has 1 aromatic carbocycles. The summed E-state index contributed by atoms with van der Waals surface area (Å²) in [5, 5.41) is 15.9. The van der Waals surface area contributed by atoms with Gasteiger partial charge in [0.25, 0.3) is 0 Å². The Balaban J connectivity index is 2.59. The smallest absolute Gasteiger partial charge is 0.144 e. The first-order valence-electron chi connectivity index (χ1n) is 6.88. The van der Waals surface area contributed by atoms with Crippen LogP contribution in [-0.4, -0.2) is 24.7 Å². The number of nitrogens with one attached hydrogen (secondary N) is 1. The second-order valence-electron chi connectivity index (χ2n) is 5.70. The zero-order valence-electron chi connectivity index (χ0n) is 13.0. The number of nitrogens with two attached hydrogens (primary N) is 1. The maximum absolute atomic E-state index is 8.75. The van der Waals surface area contributed by atoms with E-state index < -0.39 is 0 Å².